The minimum atomic E-state index is 0.340. The number of nitrogens with zero attached hydrogens (tertiary/aromatic N) is 2. The third-order valence-electron chi connectivity index (χ3n) is 3.65. The van der Waals surface area contributed by atoms with Crippen LogP contribution < -0.4 is 19.5 Å². The van der Waals surface area contributed by atoms with Gasteiger partial charge >= 0.3 is 6.01 Å². The predicted molar refractivity (Wildman–Crippen MR) is 93.2 cm³/mol. The molecule has 0 atom stereocenters. The highest BCUT2D eigenvalue weighted by atomic mass is 16.5. The summed E-state index contributed by atoms with van der Waals surface area (Å²) >= 11 is 0. The van der Waals surface area contributed by atoms with Gasteiger partial charge in [-0.05, 0) is 35.9 Å². The van der Waals surface area contributed by atoms with Crippen molar-refractivity contribution < 1.29 is 18.7 Å². The highest BCUT2D eigenvalue weighted by Crippen LogP contribution is 2.31. The number of rotatable bonds is 7. The van der Waals surface area contributed by atoms with Gasteiger partial charge in [0, 0.05) is 12.1 Å². The smallest absolute Gasteiger partial charge is 0.322 e. The van der Waals surface area contributed by atoms with Crippen molar-refractivity contribution in [2.24, 2.45) is 0 Å². The molecule has 1 heterocycles. The number of methoxy groups -OCH3 is 3. The van der Waals surface area contributed by atoms with Crippen LogP contribution in [0.25, 0.3) is 11.4 Å². The Morgan fingerprint density at radius 3 is 2.56 bits per heavy atom. The van der Waals surface area contributed by atoms with Gasteiger partial charge in [-0.25, -0.2) is 0 Å². The molecule has 0 spiro atoms. The first kappa shape index (κ1) is 16.6. The lowest BCUT2D eigenvalue weighted by atomic mass is 10.2. The fourth-order valence-corrected chi connectivity index (χ4v) is 2.35. The molecule has 0 saturated heterocycles. The quantitative estimate of drug-likeness (QED) is 0.706. The van der Waals surface area contributed by atoms with E-state index in [0.717, 1.165) is 16.9 Å². The van der Waals surface area contributed by atoms with E-state index in [1.54, 1.807) is 33.5 Å². The summed E-state index contributed by atoms with van der Waals surface area (Å²) in [7, 11) is 4.81. The second-order valence-electron chi connectivity index (χ2n) is 5.20. The van der Waals surface area contributed by atoms with Gasteiger partial charge in [-0.2, -0.15) is 4.98 Å². The third-order valence-corrected chi connectivity index (χ3v) is 3.65. The normalized spacial score (nSPS) is 10.4. The van der Waals surface area contributed by atoms with E-state index in [4.69, 9.17) is 18.7 Å². The van der Waals surface area contributed by atoms with Crippen molar-refractivity contribution in [3.8, 4) is 28.6 Å². The van der Waals surface area contributed by atoms with Crippen molar-refractivity contribution in [1.29, 1.82) is 0 Å². The monoisotopic (exact) mass is 341 g/mol. The van der Waals surface area contributed by atoms with Gasteiger partial charge in [-0.1, -0.05) is 17.3 Å². The van der Waals surface area contributed by atoms with Gasteiger partial charge in [-0.3, -0.25) is 0 Å². The molecule has 3 rings (SSSR count). The second-order valence-corrected chi connectivity index (χ2v) is 5.20. The Morgan fingerprint density at radius 1 is 0.960 bits per heavy atom. The molecule has 0 saturated carbocycles. The van der Waals surface area contributed by atoms with Crippen molar-refractivity contribution in [2.45, 2.75) is 6.54 Å². The Hall–Kier alpha value is -3.22. The Morgan fingerprint density at radius 2 is 1.80 bits per heavy atom. The molecule has 0 amide bonds. The topological polar surface area (TPSA) is 78.6 Å². The second kappa shape index (κ2) is 7.57. The lowest BCUT2D eigenvalue weighted by Crippen LogP contribution is -1.99. The van der Waals surface area contributed by atoms with E-state index >= 15 is 0 Å². The van der Waals surface area contributed by atoms with Gasteiger partial charge < -0.3 is 24.1 Å². The van der Waals surface area contributed by atoms with Crippen molar-refractivity contribution in [2.75, 3.05) is 26.6 Å². The van der Waals surface area contributed by atoms with Crippen LogP contribution in [0.4, 0.5) is 6.01 Å². The molecular formula is C18H19N3O4. The van der Waals surface area contributed by atoms with Crippen LogP contribution in [0, 0.1) is 0 Å². The van der Waals surface area contributed by atoms with E-state index in [1.807, 2.05) is 30.3 Å². The van der Waals surface area contributed by atoms with Gasteiger partial charge in [-0.15, -0.1) is 0 Å². The summed E-state index contributed by atoms with van der Waals surface area (Å²) in [6.45, 7) is 0.546. The van der Waals surface area contributed by atoms with Crippen LogP contribution in [0.5, 0.6) is 17.2 Å². The van der Waals surface area contributed by atoms with Crippen LogP contribution in [0.3, 0.4) is 0 Å². The highest BCUT2D eigenvalue weighted by Gasteiger charge is 2.12. The molecule has 7 nitrogen and oxygen atoms in total. The lowest BCUT2D eigenvalue weighted by Gasteiger charge is -2.07. The fraction of sp³-hybridized carbons (Fsp3) is 0.222. The number of nitrogens with one attached hydrogen (secondary N) is 1. The molecule has 0 radical (unpaired) electrons. The molecule has 0 aliphatic rings. The number of aromatic nitrogens is 2. The average Bonchev–Trinajstić information content (AvgIpc) is 3.15. The van der Waals surface area contributed by atoms with E-state index in [0.29, 0.717) is 29.9 Å². The average molecular weight is 341 g/mol. The van der Waals surface area contributed by atoms with E-state index in [2.05, 4.69) is 15.5 Å². The van der Waals surface area contributed by atoms with Gasteiger partial charge in [0.1, 0.15) is 5.75 Å². The summed E-state index contributed by atoms with van der Waals surface area (Å²) in [6.07, 6.45) is 0. The van der Waals surface area contributed by atoms with E-state index in [9.17, 15) is 0 Å². The Kier molecular flexibility index (Phi) is 5.03. The van der Waals surface area contributed by atoms with Crippen LogP contribution in [0.1, 0.15) is 5.56 Å². The first-order chi connectivity index (χ1) is 12.2. The maximum atomic E-state index is 5.29. The van der Waals surface area contributed by atoms with Crippen LogP contribution in [0.15, 0.2) is 47.0 Å². The molecule has 130 valence electrons. The number of hydrogen-bond donors (Lipinski definition) is 1. The number of hydrogen-bond acceptors (Lipinski definition) is 7. The molecule has 3 aromatic rings. The van der Waals surface area contributed by atoms with Crippen LogP contribution >= 0.6 is 0 Å². The van der Waals surface area contributed by atoms with Crippen molar-refractivity contribution in [3.63, 3.8) is 0 Å². The number of anilines is 1. The Balaban J connectivity index is 1.72. The Bertz CT molecular complexity index is 848. The van der Waals surface area contributed by atoms with Crippen molar-refractivity contribution in [1.82, 2.24) is 10.1 Å². The van der Waals surface area contributed by atoms with E-state index in [1.165, 1.54) is 0 Å². The van der Waals surface area contributed by atoms with Gasteiger partial charge in [0.2, 0.25) is 5.82 Å². The molecule has 25 heavy (non-hydrogen) atoms. The molecule has 0 bridgehead atoms. The lowest BCUT2D eigenvalue weighted by molar-refractivity contribution is 0.355. The summed E-state index contributed by atoms with van der Waals surface area (Å²) in [5.74, 6) is 2.52. The zero-order chi connectivity index (χ0) is 17.6. The van der Waals surface area contributed by atoms with Gasteiger partial charge in [0.25, 0.3) is 0 Å². The van der Waals surface area contributed by atoms with E-state index < -0.39 is 0 Å². The largest absolute Gasteiger partial charge is 0.497 e. The van der Waals surface area contributed by atoms with E-state index in [-0.39, 0.29) is 0 Å². The standard InChI is InChI=1S/C18H19N3O4/c1-22-14-6-4-5-12(9-14)11-19-18-20-17(21-25-18)13-7-8-15(23-2)16(10-13)24-3/h4-10H,11H2,1-3H3,(H,19,20,21). The SMILES string of the molecule is COc1cccc(CNc2nc(-c3ccc(OC)c(OC)c3)no2)c1. The number of benzene rings is 2. The maximum absolute atomic E-state index is 5.29. The zero-order valence-electron chi connectivity index (χ0n) is 14.3. The fourth-order valence-electron chi connectivity index (χ4n) is 2.35. The number of ether oxygens (including phenoxy) is 3. The van der Waals surface area contributed by atoms with Crippen molar-refractivity contribution in [3.05, 3.63) is 48.0 Å². The molecule has 1 N–H and O–H groups in total. The minimum absolute atomic E-state index is 0.340. The minimum Gasteiger partial charge on any atom is -0.497 e. The predicted octanol–water partition coefficient (Wildman–Crippen LogP) is 3.37. The Labute approximate surface area is 145 Å². The van der Waals surface area contributed by atoms with Crippen LogP contribution in [0.2, 0.25) is 0 Å². The van der Waals surface area contributed by atoms with Crippen LogP contribution in [-0.4, -0.2) is 31.5 Å². The molecular weight excluding hydrogens is 322 g/mol. The summed E-state index contributed by atoms with van der Waals surface area (Å²) in [4.78, 5) is 4.35. The van der Waals surface area contributed by atoms with Crippen molar-refractivity contribution >= 4 is 6.01 Å². The molecule has 2 aromatic carbocycles. The molecule has 1 aromatic heterocycles. The molecule has 0 fully saturated rings. The third kappa shape index (κ3) is 3.82. The molecule has 7 heteroatoms. The molecule has 0 aliphatic carbocycles. The first-order valence-electron chi connectivity index (χ1n) is 7.66. The molecule has 0 unspecified atom stereocenters. The van der Waals surface area contributed by atoms with Gasteiger partial charge in [0.05, 0.1) is 21.3 Å². The highest BCUT2D eigenvalue weighted by molar-refractivity contribution is 5.61. The first-order valence-corrected chi connectivity index (χ1v) is 7.66. The maximum Gasteiger partial charge on any atom is 0.322 e. The zero-order valence-corrected chi connectivity index (χ0v) is 14.3. The van der Waals surface area contributed by atoms with Crippen LogP contribution in [-0.2, 0) is 6.54 Å². The summed E-state index contributed by atoms with van der Waals surface area (Å²) in [6, 6.07) is 13.5. The summed E-state index contributed by atoms with van der Waals surface area (Å²) in [5.41, 5.74) is 1.82. The van der Waals surface area contributed by atoms with Gasteiger partial charge in [0.15, 0.2) is 11.5 Å². The molecule has 0 aliphatic heterocycles. The summed E-state index contributed by atoms with van der Waals surface area (Å²) in [5, 5.41) is 7.10. The summed E-state index contributed by atoms with van der Waals surface area (Å²) < 4.78 is 21.0.